The van der Waals surface area contributed by atoms with E-state index in [0.29, 0.717) is 11.4 Å². The van der Waals surface area contributed by atoms with Gasteiger partial charge in [-0.05, 0) is 43.8 Å². The summed E-state index contributed by atoms with van der Waals surface area (Å²) in [4.78, 5) is 14.5. The highest BCUT2D eigenvalue weighted by Crippen LogP contribution is 2.10. The highest BCUT2D eigenvalue weighted by molar-refractivity contribution is 7.80. The van der Waals surface area contributed by atoms with E-state index in [2.05, 4.69) is 24.1 Å². The Labute approximate surface area is 126 Å². The summed E-state index contributed by atoms with van der Waals surface area (Å²) in [6.45, 7) is 7.06. The van der Waals surface area contributed by atoms with Crippen molar-refractivity contribution in [2.24, 2.45) is 5.73 Å². The summed E-state index contributed by atoms with van der Waals surface area (Å²) < 4.78 is 0. The molecule has 1 rings (SSSR count). The molecule has 0 fully saturated rings. The number of nitrogens with zero attached hydrogens (tertiary/aromatic N) is 1. The van der Waals surface area contributed by atoms with Crippen LogP contribution in [-0.2, 0) is 4.79 Å². The predicted octanol–water partition coefficient (Wildman–Crippen LogP) is 2.38. The second-order valence-corrected chi connectivity index (χ2v) is 5.11. The molecule has 0 aromatic heterocycles. The minimum Gasteiger partial charge on any atom is -0.389 e. The van der Waals surface area contributed by atoms with Crippen molar-refractivity contribution in [1.29, 1.82) is 0 Å². The molecule has 0 aliphatic rings. The summed E-state index contributed by atoms with van der Waals surface area (Å²) in [5.41, 5.74) is 7.10. The minimum absolute atomic E-state index is 0.0302. The van der Waals surface area contributed by atoms with Gasteiger partial charge in [-0.15, -0.1) is 0 Å². The molecule has 0 heterocycles. The monoisotopic (exact) mass is 293 g/mol. The summed E-state index contributed by atoms with van der Waals surface area (Å²) in [7, 11) is 0. The maximum Gasteiger partial charge on any atom is 0.225 e. The van der Waals surface area contributed by atoms with E-state index < -0.39 is 0 Å². The summed E-state index contributed by atoms with van der Waals surface area (Å²) in [5, 5.41) is 2.88. The molecule has 0 atom stereocenters. The Bertz CT molecular complexity index is 445. The molecule has 5 heteroatoms. The van der Waals surface area contributed by atoms with Crippen LogP contribution >= 0.6 is 12.2 Å². The van der Waals surface area contributed by atoms with Gasteiger partial charge in [-0.3, -0.25) is 4.79 Å². The van der Waals surface area contributed by atoms with E-state index in [1.165, 1.54) is 0 Å². The van der Waals surface area contributed by atoms with E-state index in [1.807, 2.05) is 24.3 Å². The zero-order valence-electron chi connectivity index (χ0n) is 12.2. The van der Waals surface area contributed by atoms with Gasteiger partial charge < -0.3 is 16.0 Å². The number of amides is 1. The quantitative estimate of drug-likeness (QED) is 0.723. The van der Waals surface area contributed by atoms with E-state index in [-0.39, 0.29) is 5.91 Å². The third kappa shape index (κ3) is 5.67. The molecule has 1 aromatic carbocycles. The number of nitrogens with two attached hydrogens (primary N) is 1. The highest BCUT2D eigenvalue weighted by atomic mass is 32.1. The van der Waals surface area contributed by atoms with Crippen LogP contribution in [0.3, 0.4) is 0 Å². The molecule has 1 amide bonds. The average molecular weight is 293 g/mol. The molecule has 0 aliphatic heterocycles. The molecule has 0 spiro atoms. The topological polar surface area (TPSA) is 58.4 Å². The molecule has 0 saturated carbocycles. The van der Waals surface area contributed by atoms with Crippen molar-refractivity contribution < 1.29 is 4.79 Å². The minimum atomic E-state index is 0.0302. The molecule has 4 nitrogen and oxygen atoms in total. The molecule has 1 aromatic rings. The lowest BCUT2D eigenvalue weighted by Gasteiger charge is -2.18. The Morgan fingerprint density at radius 1 is 1.25 bits per heavy atom. The number of rotatable bonds is 8. The van der Waals surface area contributed by atoms with Crippen LogP contribution in [0.2, 0.25) is 0 Å². The number of hydrogen-bond donors (Lipinski definition) is 2. The second kappa shape index (κ2) is 8.66. The van der Waals surface area contributed by atoms with Gasteiger partial charge in [0.05, 0.1) is 0 Å². The largest absolute Gasteiger partial charge is 0.389 e. The molecule has 20 heavy (non-hydrogen) atoms. The first-order valence-electron chi connectivity index (χ1n) is 6.98. The first kappa shape index (κ1) is 16.6. The molecule has 0 aliphatic carbocycles. The van der Waals surface area contributed by atoms with Gasteiger partial charge in [-0.25, -0.2) is 0 Å². The fourth-order valence-electron chi connectivity index (χ4n) is 1.95. The van der Waals surface area contributed by atoms with Crippen LogP contribution in [0.4, 0.5) is 5.69 Å². The summed E-state index contributed by atoms with van der Waals surface area (Å²) >= 11 is 4.89. The van der Waals surface area contributed by atoms with Crippen LogP contribution in [0.25, 0.3) is 0 Å². The number of benzene rings is 1. The van der Waals surface area contributed by atoms with E-state index in [1.54, 1.807) is 0 Å². The molecule has 0 saturated heterocycles. The van der Waals surface area contributed by atoms with Crippen LogP contribution in [0.5, 0.6) is 0 Å². The van der Waals surface area contributed by atoms with Gasteiger partial charge in [-0.1, -0.05) is 26.1 Å². The van der Waals surface area contributed by atoms with Gasteiger partial charge in [0, 0.05) is 24.2 Å². The summed E-state index contributed by atoms with van der Waals surface area (Å²) in [5.74, 6) is 0.0302. The van der Waals surface area contributed by atoms with Crippen molar-refractivity contribution in [1.82, 2.24) is 4.90 Å². The molecular weight excluding hydrogens is 270 g/mol. The maximum atomic E-state index is 11.9. The maximum absolute atomic E-state index is 11.9. The third-order valence-corrected chi connectivity index (χ3v) is 3.33. The van der Waals surface area contributed by atoms with Crippen molar-refractivity contribution >= 4 is 28.8 Å². The average Bonchev–Trinajstić information content (AvgIpc) is 2.44. The van der Waals surface area contributed by atoms with Crippen molar-refractivity contribution in [3.05, 3.63) is 29.8 Å². The lowest BCUT2D eigenvalue weighted by molar-refractivity contribution is -0.116. The van der Waals surface area contributed by atoms with Gasteiger partial charge in [0.2, 0.25) is 5.91 Å². The summed E-state index contributed by atoms with van der Waals surface area (Å²) in [6.07, 6.45) is 1.61. The smallest absolute Gasteiger partial charge is 0.225 e. The molecule has 3 N–H and O–H groups in total. The first-order valence-corrected chi connectivity index (χ1v) is 7.39. The highest BCUT2D eigenvalue weighted by Gasteiger charge is 2.06. The standard InChI is InChI=1S/C15H23N3OS/c1-3-10-18(4-2)11-9-14(19)17-13-7-5-12(6-8-13)15(16)20/h5-8H,3-4,9-11H2,1-2H3,(H2,16,20)(H,17,19). The van der Waals surface area contributed by atoms with Crippen LogP contribution < -0.4 is 11.1 Å². The number of carbonyl (C=O) groups is 1. The second-order valence-electron chi connectivity index (χ2n) is 4.67. The van der Waals surface area contributed by atoms with Crippen LogP contribution in [0, 0.1) is 0 Å². The van der Waals surface area contributed by atoms with E-state index >= 15 is 0 Å². The number of hydrogen-bond acceptors (Lipinski definition) is 3. The molecule has 110 valence electrons. The Balaban J connectivity index is 2.43. The van der Waals surface area contributed by atoms with E-state index in [4.69, 9.17) is 18.0 Å². The van der Waals surface area contributed by atoms with Crippen LogP contribution in [-0.4, -0.2) is 35.4 Å². The fourth-order valence-corrected chi connectivity index (χ4v) is 2.08. The molecule has 0 radical (unpaired) electrons. The Morgan fingerprint density at radius 3 is 2.40 bits per heavy atom. The number of anilines is 1. The lowest BCUT2D eigenvalue weighted by atomic mass is 10.2. The normalized spacial score (nSPS) is 10.6. The van der Waals surface area contributed by atoms with Gasteiger partial charge in [0.15, 0.2) is 0 Å². The zero-order chi connectivity index (χ0) is 15.0. The Kier molecular flexibility index (Phi) is 7.18. The van der Waals surface area contributed by atoms with E-state index in [9.17, 15) is 4.79 Å². The zero-order valence-corrected chi connectivity index (χ0v) is 13.0. The SMILES string of the molecule is CCCN(CC)CCC(=O)Nc1ccc(C(N)=S)cc1. The van der Waals surface area contributed by atoms with Gasteiger partial charge in [-0.2, -0.15) is 0 Å². The van der Waals surface area contributed by atoms with Crippen LogP contribution in [0.1, 0.15) is 32.3 Å². The predicted molar refractivity (Wildman–Crippen MR) is 88.0 cm³/mol. The number of thiocarbonyl (C=S) groups is 1. The lowest BCUT2D eigenvalue weighted by Crippen LogP contribution is -2.28. The van der Waals surface area contributed by atoms with Crippen molar-refractivity contribution in [3.63, 3.8) is 0 Å². The van der Waals surface area contributed by atoms with Gasteiger partial charge >= 0.3 is 0 Å². The van der Waals surface area contributed by atoms with Crippen molar-refractivity contribution in [3.8, 4) is 0 Å². The first-order chi connectivity index (χ1) is 9.56. The van der Waals surface area contributed by atoms with Gasteiger partial charge in [0.25, 0.3) is 0 Å². The third-order valence-electron chi connectivity index (χ3n) is 3.10. The molecule has 0 unspecified atom stereocenters. The Hall–Kier alpha value is -1.46. The van der Waals surface area contributed by atoms with Crippen LogP contribution in [0.15, 0.2) is 24.3 Å². The summed E-state index contributed by atoms with van der Waals surface area (Å²) in [6, 6.07) is 7.26. The van der Waals surface area contributed by atoms with Crippen molar-refractivity contribution in [2.45, 2.75) is 26.7 Å². The van der Waals surface area contributed by atoms with Gasteiger partial charge in [0.1, 0.15) is 4.99 Å². The Morgan fingerprint density at radius 2 is 1.90 bits per heavy atom. The van der Waals surface area contributed by atoms with E-state index in [0.717, 1.165) is 37.3 Å². The van der Waals surface area contributed by atoms with Crippen molar-refractivity contribution in [2.75, 3.05) is 25.0 Å². The molecule has 0 bridgehead atoms. The fraction of sp³-hybridized carbons (Fsp3) is 0.467. The molecular formula is C15H23N3OS. The number of nitrogens with one attached hydrogen (secondary N) is 1. The number of carbonyl (C=O) groups excluding carboxylic acids is 1.